The highest BCUT2D eigenvalue weighted by Crippen LogP contribution is 2.19. The Hall–Kier alpha value is -3.92. The van der Waals surface area contributed by atoms with Crippen LogP contribution in [0.1, 0.15) is 29.9 Å². The van der Waals surface area contributed by atoms with Crippen molar-refractivity contribution in [1.82, 2.24) is 9.97 Å². The van der Waals surface area contributed by atoms with Gasteiger partial charge in [-0.3, -0.25) is 4.79 Å². The van der Waals surface area contributed by atoms with E-state index < -0.39 is 0 Å². The van der Waals surface area contributed by atoms with Crippen molar-refractivity contribution >= 4 is 28.8 Å². The van der Waals surface area contributed by atoms with Crippen LogP contribution < -0.4 is 15.5 Å². The van der Waals surface area contributed by atoms with Gasteiger partial charge in [-0.15, -0.1) is 0 Å². The molecule has 7 heteroatoms. The van der Waals surface area contributed by atoms with Crippen LogP contribution in [0.25, 0.3) is 0 Å². The summed E-state index contributed by atoms with van der Waals surface area (Å²) >= 11 is 0. The van der Waals surface area contributed by atoms with E-state index in [4.69, 9.17) is 5.26 Å². The third-order valence-electron chi connectivity index (χ3n) is 4.42. The molecule has 146 valence electrons. The van der Waals surface area contributed by atoms with Gasteiger partial charge >= 0.3 is 0 Å². The highest BCUT2D eigenvalue weighted by molar-refractivity contribution is 6.03. The Bertz CT molecular complexity index is 1020. The molecule has 7 nitrogen and oxygen atoms in total. The SMILES string of the molecule is CCN(CC)c1ccc(NC(=O)c2cc(Nc3cccc(C#N)c3)ncn2)cc1. The van der Waals surface area contributed by atoms with E-state index in [0.717, 1.165) is 18.8 Å². The van der Waals surface area contributed by atoms with Gasteiger partial charge in [-0.2, -0.15) is 5.26 Å². The van der Waals surface area contributed by atoms with E-state index in [1.54, 1.807) is 24.3 Å². The Kier molecular flexibility index (Phi) is 6.38. The third kappa shape index (κ3) is 5.08. The molecule has 0 aliphatic heterocycles. The van der Waals surface area contributed by atoms with Crippen molar-refractivity contribution < 1.29 is 4.79 Å². The summed E-state index contributed by atoms with van der Waals surface area (Å²) < 4.78 is 0. The number of hydrogen-bond acceptors (Lipinski definition) is 6. The number of rotatable bonds is 7. The summed E-state index contributed by atoms with van der Waals surface area (Å²) in [5.41, 5.74) is 3.30. The molecule has 0 radical (unpaired) electrons. The van der Waals surface area contributed by atoms with Gasteiger partial charge in [0.05, 0.1) is 11.6 Å². The molecule has 0 aliphatic rings. The van der Waals surface area contributed by atoms with Crippen molar-refractivity contribution in [3.8, 4) is 6.07 Å². The molecule has 0 aliphatic carbocycles. The van der Waals surface area contributed by atoms with Crippen molar-refractivity contribution in [2.45, 2.75) is 13.8 Å². The molecule has 2 aromatic carbocycles. The molecule has 0 saturated carbocycles. The first kappa shape index (κ1) is 19.8. The molecular formula is C22H22N6O. The summed E-state index contributed by atoms with van der Waals surface area (Å²) in [5.74, 6) is 0.147. The minimum absolute atomic E-state index is 0.242. The lowest BCUT2D eigenvalue weighted by atomic mass is 10.2. The lowest BCUT2D eigenvalue weighted by Gasteiger charge is -2.21. The van der Waals surface area contributed by atoms with Crippen LogP contribution in [0.5, 0.6) is 0 Å². The smallest absolute Gasteiger partial charge is 0.274 e. The Balaban J connectivity index is 1.70. The quantitative estimate of drug-likeness (QED) is 0.632. The van der Waals surface area contributed by atoms with E-state index in [1.807, 2.05) is 30.3 Å². The van der Waals surface area contributed by atoms with Crippen molar-refractivity contribution in [2.24, 2.45) is 0 Å². The van der Waals surface area contributed by atoms with Crippen molar-refractivity contribution in [3.05, 3.63) is 72.2 Å². The van der Waals surface area contributed by atoms with Crippen molar-refractivity contribution in [3.63, 3.8) is 0 Å². The Labute approximate surface area is 170 Å². The maximum Gasteiger partial charge on any atom is 0.274 e. The maximum atomic E-state index is 12.6. The number of aromatic nitrogens is 2. The molecule has 0 saturated heterocycles. The molecular weight excluding hydrogens is 364 g/mol. The second-order valence-electron chi connectivity index (χ2n) is 6.28. The molecule has 0 spiro atoms. The molecule has 3 aromatic rings. The highest BCUT2D eigenvalue weighted by atomic mass is 16.1. The van der Waals surface area contributed by atoms with Crippen LogP contribution in [-0.4, -0.2) is 29.0 Å². The number of carbonyl (C=O) groups excluding carboxylic acids is 1. The monoisotopic (exact) mass is 386 g/mol. The zero-order valence-corrected chi connectivity index (χ0v) is 16.4. The molecule has 1 aromatic heterocycles. The molecule has 3 rings (SSSR count). The lowest BCUT2D eigenvalue weighted by Crippen LogP contribution is -2.21. The van der Waals surface area contributed by atoms with E-state index in [0.29, 0.717) is 22.8 Å². The lowest BCUT2D eigenvalue weighted by molar-refractivity contribution is 0.102. The van der Waals surface area contributed by atoms with Gasteiger partial charge in [0.1, 0.15) is 17.8 Å². The van der Waals surface area contributed by atoms with E-state index >= 15 is 0 Å². The summed E-state index contributed by atoms with van der Waals surface area (Å²) in [4.78, 5) is 23.0. The van der Waals surface area contributed by atoms with Gasteiger partial charge in [-0.25, -0.2) is 9.97 Å². The topological polar surface area (TPSA) is 93.9 Å². The predicted octanol–water partition coefficient (Wildman–Crippen LogP) is 4.19. The van der Waals surface area contributed by atoms with Crippen LogP contribution >= 0.6 is 0 Å². The van der Waals surface area contributed by atoms with Crippen LogP contribution in [0.2, 0.25) is 0 Å². The number of nitrogens with one attached hydrogen (secondary N) is 2. The number of hydrogen-bond donors (Lipinski definition) is 2. The summed E-state index contributed by atoms with van der Waals surface area (Å²) in [5, 5.41) is 14.9. The van der Waals surface area contributed by atoms with Gasteiger partial charge in [0.15, 0.2) is 0 Å². The normalized spacial score (nSPS) is 10.1. The Morgan fingerprint density at radius 3 is 2.48 bits per heavy atom. The van der Waals surface area contributed by atoms with Crippen LogP contribution in [0, 0.1) is 11.3 Å². The van der Waals surface area contributed by atoms with E-state index in [1.165, 1.54) is 6.33 Å². The second-order valence-corrected chi connectivity index (χ2v) is 6.28. The van der Waals surface area contributed by atoms with Crippen LogP contribution in [0.4, 0.5) is 22.9 Å². The van der Waals surface area contributed by atoms with Gasteiger partial charge in [-0.05, 0) is 56.3 Å². The molecule has 0 atom stereocenters. The first-order valence-corrected chi connectivity index (χ1v) is 9.38. The standard InChI is InChI=1S/C22H22N6O/c1-3-28(4-2)19-10-8-17(9-11-19)27-22(29)20-13-21(25-15-24-20)26-18-7-5-6-16(12-18)14-23/h5-13,15H,3-4H2,1-2H3,(H,27,29)(H,24,25,26). The summed E-state index contributed by atoms with van der Waals surface area (Å²) in [6, 6.07) is 18.4. The number of benzene rings is 2. The summed E-state index contributed by atoms with van der Waals surface area (Å²) in [6.07, 6.45) is 1.33. The molecule has 1 heterocycles. The average molecular weight is 386 g/mol. The molecule has 0 bridgehead atoms. The predicted molar refractivity (Wildman–Crippen MR) is 114 cm³/mol. The van der Waals surface area contributed by atoms with Crippen molar-refractivity contribution in [1.29, 1.82) is 5.26 Å². The first-order chi connectivity index (χ1) is 14.1. The fourth-order valence-corrected chi connectivity index (χ4v) is 2.90. The number of amides is 1. The Morgan fingerprint density at radius 1 is 1.03 bits per heavy atom. The van der Waals surface area contributed by atoms with E-state index in [9.17, 15) is 4.79 Å². The van der Waals surface area contributed by atoms with Crippen LogP contribution in [0.3, 0.4) is 0 Å². The average Bonchev–Trinajstić information content (AvgIpc) is 2.76. The summed E-state index contributed by atoms with van der Waals surface area (Å²) in [6.45, 7) is 6.07. The number of nitriles is 1. The second kappa shape index (κ2) is 9.33. The number of carbonyl (C=O) groups is 1. The van der Waals surface area contributed by atoms with Crippen LogP contribution in [0.15, 0.2) is 60.9 Å². The highest BCUT2D eigenvalue weighted by Gasteiger charge is 2.10. The fraction of sp³-hybridized carbons (Fsp3) is 0.182. The Morgan fingerprint density at radius 2 is 1.79 bits per heavy atom. The molecule has 0 fully saturated rings. The van der Waals surface area contributed by atoms with Gasteiger partial charge in [0, 0.05) is 36.2 Å². The minimum Gasteiger partial charge on any atom is -0.372 e. The van der Waals surface area contributed by atoms with Crippen molar-refractivity contribution in [2.75, 3.05) is 28.6 Å². The largest absolute Gasteiger partial charge is 0.372 e. The molecule has 0 unspecified atom stereocenters. The zero-order valence-electron chi connectivity index (χ0n) is 16.4. The maximum absolute atomic E-state index is 12.6. The fourth-order valence-electron chi connectivity index (χ4n) is 2.90. The summed E-state index contributed by atoms with van der Waals surface area (Å²) in [7, 11) is 0. The number of anilines is 4. The molecule has 2 N–H and O–H groups in total. The van der Waals surface area contributed by atoms with Gasteiger partial charge in [-0.1, -0.05) is 6.07 Å². The van der Waals surface area contributed by atoms with Gasteiger partial charge < -0.3 is 15.5 Å². The third-order valence-corrected chi connectivity index (χ3v) is 4.42. The first-order valence-electron chi connectivity index (χ1n) is 9.38. The number of nitrogens with zero attached hydrogens (tertiary/aromatic N) is 4. The molecule has 1 amide bonds. The van der Waals surface area contributed by atoms with Crippen LogP contribution in [-0.2, 0) is 0 Å². The van der Waals surface area contributed by atoms with E-state index in [-0.39, 0.29) is 11.6 Å². The van der Waals surface area contributed by atoms with E-state index in [2.05, 4.69) is 45.4 Å². The molecule has 29 heavy (non-hydrogen) atoms. The van der Waals surface area contributed by atoms with Gasteiger partial charge in [0.25, 0.3) is 5.91 Å². The zero-order chi connectivity index (χ0) is 20.6. The van der Waals surface area contributed by atoms with Gasteiger partial charge in [0.2, 0.25) is 0 Å². The minimum atomic E-state index is -0.322.